The van der Waals surface area contributed by atoms with Crippen LogP contribution < -0.4 is 9.47 Å². The predicted molar refractivity (Wildman–Crippen MR) is 121 cm³/mol. The SMILES string of the molecule is COc1ccc(CN2C(c3ccc4ccoc4c3)=NO[C@@]23CN2CCC3CC2)c(OC)c1. The van der Waals surface area contributed by atoms with Crippen molar-refractivity contribution in [3.8, 4) is 11.5 Å². The zero-order valence-corrected chi connectivity index (χ0v) is 18.4. The molecule has 0 amide bonds. The van der Waals surface area contributed by atoms with Gasteiger partial charge in [-0.1, -0.05) is 17.3 Å². The van der Waals surface area contributed by atoms with E-state index >= 15 is 0 Å². The maximum atomic E-state index is 6.36. The molecule has 32 heavy (non-hydrogen) atoms. The summed E-state index contributed by atoms with van der Waals surface area (Å²) in [6.07, 6.45) is 3.96. The summed E-state index contributed by atoms with van der Waals surface area (Å²) in [6, 6.07) is 14.2. The molecule has 1 spiro atoms. The van der Waals surface area contributed by atoms with Crippen LogP contribution in [-0.2, 0) is 11.4 Å². The van der Waals surface area contributed by atoms with Crippen molar-refractivity contribution in [3.63, 3.8) is 0 Å². The molecule has 3 aromatic rings. The van der Waals surface area contributed by atoms with Crippen LogP contribution in [0.5, 0.6) is 11.5 Å². The molecule has 5 heterocycles. The van der Waals surface area contributed by atoms with Crippen molar-refractivity contribution in [3.05, 3.63) is 59.9 Å². The molecule has 0 unspecified atom stereocenters. The second-order valence-electron chi connectivity index (χ2n) is 8.84. The lowest BCUT2D eigenvalue weighted by Crippen LogP contribution is -2.66. The Hall–Kier alpha value is -3.19. The maximum absolute atomic E-state index is 6.36. The Bertz CT molecular complexity index is 1180. The third-order valence-corrected chi connectivity index (χ3v) is 7.22. The Morgan fingerprint density at radius 3 is 2.69 bits per heavy atom. The number of ether oxygens (including phenoxy) is 2. The standard InChI is InChI=1S/C25H27N3O4/c1-29-21-6-5-19(22(14-21)30-2)15-28-24(18-4-3-17-9-12-31-23(17)13-18)26-32-25(28)16-27-10-7-20(25)8-11-27/h3-6,9,12-14,20H,7-8,10-11,15-16H2,1-2H3/t25-/m1/s1. The average Bonchev–Trinajstić information content (AvgIpc) is 3.45. The molecule has 166 valence electrons. The van der Waals surface area contributed by atoms with Gasteiger partial charge in [-0.3, -0.25) is 4.90 Å². The van der Waals surface area contributed by atoms with E-state index in [-0.39, 0.29) is 0 Å². The number of nitrogens with zero attached hydrogens (tertiary/aromatic N) is 3. The molecular weight excluding hydrogens is 406 g/mol. The third kappa shape index (κ3) is 2.95. The van der Waals surface area contributed by atoms with Crippen LogP contribution in [0, 0.1) is 5.92 Å². The number of amidine groups is 1. The molecule has 0 radical (unpaired) electrons. The highest BCUT2D eigenvalue weighted by Crippen LogP contribution is 2.45. The first kappa shape index (κ1) is 19.5. The van der Waals surface area contributed by atoms with Crippen molar-refractivity contribution in [2.45, 2.75) is 25.1 Å². The average molecular weight is 434 g/mol. The summed E-state index contributed by atoms with van der Waals surface area (Å²) in [7, 11) is 3.36. The lowest BCUT2D eigenvalue weighted by atomic mass is 9.79. The number of oxime groups is 1. The summed E-state index contributed by atoms with van der Waals surface area (Å²) in [4.78, 5) is 11.2. The van der Waals surface area contributed by atoms with Crippen LogP contribution in [0.15, 0.2) is 58.3 Å². The fraction of sp³-hybridized carbons (Fsp3) is 0.400. The molecule has 3 fully saturated rings. The fourth-order valence-electron chi connectivity index (χ4n) is 5.46. The number of piperidine rings is 3. The number of methoxy groups -OCH3 is 2. The molecule has 7 heteroatoms. The van der Waals surface area contributed by atoms with E-state index in [2.05, 4.69) is 39.2 Å². The van der Waals surface area contributed by atoms with Crippen LogP contribution in [0.3, 0.4) is 0 Å². The Labute approximate surface area is 187 Å². The van der Waals surface area contributed by atoms with E-state index in [1.54, 1.807) is 20.5 Å². The van der Waals surface area contributed by atoms with E-state index in [1.807, 2.05) is 18.2 Å². The lowest BCUT2D eigenvalue weighted by molar-refractivity contribution is -0.198. The highest BCUT2D eigenvalue weighted by atomic mass is 16.7. The molecule has 1 atom stereocenters. The smallest absolute Gasteiger partial charge is 0.227 e. The van der Waals surface area contributed by atoms with Crippen LogP contribution in [0.4, 0.5) is 0 Å². The molecular formula is C25H27N3O4. The minimum Gasteiger partial charge on any atom is -0.497 e. The van der Waals surface area contributed by atoms with Gasteiger partial charge in [0.1, 0.15) is 17.1 Å². The van der Waals surface area contributed by atoms with Gasteiger partial charge in [-0.2, -0.15) is 0 Å². The quantitative estimate of drug-likeness (QED) is 0.605. The highest BCUT2D eigenvalue weighted by Gasteiger charge is 2.57. The van der Waals surface area contributed by atoms with E-state index in [9.17, 15) is 0 Å². The first-order valence-corrected chi connectivity index (χ1v) is 11.1. The minimum atomic E-state index is -0.463. The zero-order chi connectivity index (χ0) is 21.7. The van der Waals surface area contributed by atoms with Crippen LogP contribution in [0.2, 0.25) is 0 Å². The van der Waals surface area contributed by atoms with Gasteiger partial charge in [-0.25, -0.2) is 0 Å². The molecule has 2 bridgehead atoms. The monoisotopic (exact) mass is 433 g/mol. The number of fused-ring (bicyclic) bond motifs is 3. The number of benzene rings is 2. The minimum absolute atomic E-state index is 0.435. The van der Waals surface area contributed by atoms with Gasteiger partial charge >= 0.3 is 0 Å². The van der Waals surface area contributed by atoms with E-state index in [4.69, 9.17) is 18.7 Å². The van der Waals surface area contributed by atoms with Crippen LogP contribution in [-0.4, -0.2) is 55.2 Å². The Balaban J connectivity index is 1.42. The van der Waals surface area contributed by atoms with Crippen LogP contribution >= 0.6 is 0 Å². The molecule has 2 aromatic carbocycles. The number of furan rings is 1. The van der Waals surface area contributed by atoms with Gasteiger partial charge in [0.25, 0.3) is 0 Å². The molecule has 0 N–H and O–H groups in total. The first-order valence-electron chi connectivity index (χ1n) is 11.1. The largest absolute Gasteiger partial charge is 0.497 e. The van der Waals surface area contributed by atoms with E-state index in [0.29, 0.717) is 12.5 Å². The summed E-state index contributed by atoms with van der Waals surface area (Å²) in [5, 5.41) is 5.75. The highest BCUT2D eigenvalue weighted by molar-refractivity contribution is 6.02. The molecule has 0 saturated carbocycles. The molecule has 4 aliphatic rings. The predicted octanol–water partition coefficient (Wildman–Crippen LogP) is 4.07. The number of hydrogen-bond acceptors (Lipinski definition) is 7. The van der Waals surface area contributed by atoms with Gasteiger partial charge in [-0.05, 0) is 50.2 Å². The summed E-state index contributed by atoms with van der Waals surface area (Å²) < 4.78 is 16.8. The molecule has 7 rings (SSSR count). The van der Waals surface area contributed by atoms with Gasteiger partial charge in [-0.15, -0.1) is 0 Å². The van der Waals surface area contributed by atoms with Crippen molar-refractivity contribution >= 4 is 16.8 Å². The Morgan fingerprint density at radius 1 is 1.06 bits per heavy atom. The molecule has 1 aromatic heterocycles. The Morgan fingerprint density at radius 2 is 1.94 bits per heavy atom. The van der Waals surface area contributed by atoms with Crippen LogP contribution in [0.25, 0.3) is 11.0 Å². The summed E-state index contributed by atoms with van der Waals surface area (Å²) in [5.74, 6) is 2.85. The van der Waals surface area contributed by atoms with Crippen molar-refractivity contribution in [1.82, 2.24) is 9.80 Å². The summed E-state index contributed by atoms with van der Waals surface area (Å²) >= 11 is 0. The van der Waals surface area contributed by atoms with E-state index in [1.165, 1.54) is 0 Å². The van der Waals surface area contributed by atoms with E-state index < -0.39 is 5.72 Å². The number of rotatable bonds is 5. The zero-order valence-electron chi connectivity index (χ0n) is 18.4. The third-order valence-electron chi connectivity index (χ3n) is 7.22. The van der Waals surface area contributed by atoms with Crippen molar-refractivity contribution < 1.29 is 18.7 Å². The normalized spacial score (nSPS) is 26.4. The maximum Gasteiger partial charge on any atom is 0.227 e. The molecule has 3 saturated heterocycles. The van der Waals surface area contributed by atoms with Gasteiger partial charge in [0.15, 0.2) is 5.84 Å². The van der Waals surface area contributed by atoms with Gasteiger partial charge < -0.3 is 23.6 Å². The van der Waals surface area contributed by atoms with Crippen molar-refractivity contribution in [1.29, 1.82) is 0 Å². The number of hydrogen-bond donors (Lipinski definition) is 0. The summed E-state index contributed by atoms with van der Waals surface area (Å²) in [5.41, 5.74) is 2.45. The van der Waals surface area contributed by atoms with Gasteiger partial charge in [0.2, 0.25) is 5.72 Å². The molecule has 0 aliphatic carbocycles. The van der Waals surface area contributed by atoms with E-state index in [0.717, 1.165) is 71.9 Å². The fourth-order valence-corrected chi connectivity index (χ4v) is 5.46. The summed E-state index contributed by atoms with van der Waals surface area (Å²) in [6.45, 7) is 3.74. The second-order valence-corrected chi connectivity index (χ2v) is 8.84. The van der Waals surface area contributed by atoms with Crippen molar-refractivity contribution in [2.75, 3.05) is 33.9 Å². The lowest BCUT2D eigenvalue weighted by Gasteiger charge is -2.53. The second kappa shape index (κ2) is 7.45. The van der Waals surface area contributed by atoms with Crippen LogP contribution in [0.1, 0.15) is 24.0 Å². The Kier molecular flexibility index (Phi) is 4.54. The topological polar surface area (TPSA) is 59.7 Å². The van der Waals surface area contributed by atoms with Gasteiger partial charge in [0.05, 0.1) is 33.6 Å². The van der Waals surface area contributed by atoms with Crippen molar-refractivity contribution in [2.24, 2.45) is 11.1 Å². The molecule has 7 nitrogen and oxygen atoms in total. The first-order chi connectivity index (χ1) is 15.7. The molecule has 4 aliphatic heterocycles. The van der Waals surface area contributed by atoms with Gasteiger partial charge in [0, 0.05) is 28.5 Å².